The van der Waals surface area contributed by atoms with Gasteiger partial charge in [0.15, 0.2) is 5.75 Å². The third-order valence-electron chi connectivity index (χ3n) is 1.60. The van der Waals surface area contributed by atoms with Crippen molar-refractivity contribution in [3.63, 3.8) is 0 Å². The summed E-state index contributed by atoms with van der Waals surface area (Å²) in [6.45, 7) is 0. The molecule has 0 amide bonds. The summed E-state index contributed by atoms with van der Waals surface area (Å²) in [4.78, 5) is 13.8. The maximum atomic E-state index is 12.0. The van der Waals surface area contributed by atoms with Gasteiger partial charge < -0.3 is 9.84 Å². The molecule has 5 nitrogen and oxygen atoms in total. The lowest BCUT2D eigenvalue weighted by molar-refractivity contribution is -0.275. The van der Waals surface area contributed by atoms with Gasteiger partial charge in [0.1, 0.15) is 6.07 Å². The normalized spacial score (nSPS) is 10.7. The summed E-state index contributed by atoms with van der Waals surface area (Å²) in [5, 5.41) is 17.0. The molecule has 17 heavy (non-hydrogen) atoms. The molecule has 1 N–H and O–H groups in total. The van der Waals surface area contributed by atoms with E-state index in [0.717, 1.165) is 12.3 Å². The first-order chi connectivity index (χ1) is 7.81. The van der Waals surface area contributed by atoms with E-state index in [-0.39, 0.29) is 5.56 Å². The van der Waals surface area contributed by atoms with E-state index in [0.29, 0.717) is 0 Å². The number of aromatic nitrogens is 1. The van der Waals surface area contributed by atoms with Crippen molar-refractivity contribution in [1.29, 1.82) is 5.26 Å². The van der Waals surface area contributed by atoms with Crippen LogP contribution in [0, 0.1) is 11.3 Å². The van der Waals surface area contributed by atoms with Crippen LogP contribution in [0.15, 0.2) is 12.3 Å². The smallest absolute Gasteiger partial charge is 0.481 e. The van der Waals surface area contributed by atoms with Gasteiger partial charge in [-0.15, -0.1) is 13.2 Å². The van der Waals surface area contributed by atoms with Crippen LogP contribution in [-0.4, -0.2) is 22.4 Å². The van der Waals surface area contributed by atoms with Crippen LogP contribution >= 0.6 is 0 Å². The summed E-state index contributed by atoms with van der Waals surface area (Å²) in [5.74, 6) is -2.13. The summed E-state index contributed by atoms with van der Waals surface area (Å²) < 4.78 is 39.6. The van der Waals surface area contributed by atoms with Crippen molar-refractivity contribution in [2.24, 2.45) is 0 Å². The highest BCUT2D eigenvalue weighted by Crippen LogP contribution is 2.26. The number of nitrogens with zero attached hydrogens (tertiary/aromatic N) is 2. The van der Waals surface area contributed by atoms with Crippen molar-refractivity contribution in [1.82, 2.24) is 4.98 Å². The van der Waals surface area contributed by atoms with Crippen LogP contribution in [0.25, 0.3) is 0 Å². The Kier molecular flexibility index (Phi) is 3.52. The molecule has 0 saturated carbocycles. The fourth-order valence-corrected chi connectivity index (χ4v) is 1.02. The van der Waals surface area contributed by atoms with Crippen molar-refractivity contribution < 1.29 is 27.8 Å². The predicted molar refractivity (Wildman–Crippen MR) is 47.0 cm³/mol. The monoisotopic (exact) mass is 246 g/mol. The highest BCUT2D eigenvalue weighted by molar-refractivity contribution is 5.70. The molecule has 0 saturated heterocycles. The largest absolute Gasteiger partial charge is 0.573 e. The van der Waals surface area contributed by atoms with E-state index in [1.165, 1.54) is 0 Å². The van der Waals surface area contributed by atoms with Crippen LogP contribution < -0.4 is 4.74 Å². The molecule has 1 aromatic heterocycles. The summed E-state index contributed by atoms with van der Waals surface area (Å²) in [6, 6.07) is 2.37. The van der Waals surface area contributed by atoms with Gasteiger partial charge in [0.25, 0.3) is 0 Å². The highest BCUT2D eigenvalue weighted by atomic mass is 19.4. The minimum Gasteiger partial charge on any atom is -0.481 e. The predicted octanol–water partition coefficient (Wildman–Crippen LogP) is 1.48. The second-order valence-corrected chi connectivity index (χ2v) is 2.90. The zero-order valence-corrected chi connectivity index (χ0v) is 8.15. The van der Waals surface area contributed by atoms with Gasteiger partial charge in [0, 0.05) is 12.3 Å². The molecule has 0 atom stereocenters. The van der Waals surface area contributed by atoms with Crippen LogP contribution in [0.2, 0.25) is 0 Å². The summed E-state index contributed by atoms with van der Waals surface area (Å²) >= 11 is 0. The lowest BCUT2D eigenvalue weighted by atomic mass is 10.2. The van der Waals surface area contributed by atoms with E-state index in [4.69, 9.17) is 10.4 Å². The van der Waals surface area contributed by atoms with Crippen LogP contribution in [0.3, 0.4) is 0 Å². The Balaban J connectivity index is 3.12. The number of aliphatic carboxylic acids is 1. The molecule has 1 heterocycles. The number of carboxylic acid groups (broad SMARTS) is 1. The fourth-order valence-electron chi connectivity index (χ4n) is 1.02. The number of rotatable bonds is 3. The van der Waals surface area contributed by atoms with E-state index < -0.39 is 30.2 Å². The maximum Gasteiger partial charge on any atom is 0.573 e. The highest BCUT2D eigenvalue weighted by Gasteiger charge is 2.32. The Morgan fingerprint density at radius 2 is 2.24 bits per heavy atom. The average Bonchev–Trinajstić information content (AvgIpc) is 2.17. The molecule has 0 aliphatic carbocycles. The summed E-state index contributed by atoms with van der Waals surface area (Å²) in [7, 11) is 0. The molecule has 0 radical (unpaired) electrons. The van der Waals surface area contributed by atoms with Gasteiger partial charge in [0.05, 0.1) is 17.7 Å². The fraction of sp³-hybridized carbons (Fsp3) is 0.222. The lowest BCUT2D eigenvalue weighted by Gasteiger charge is -2.11. The summed E-state index contributed by atoms with van der Waals surface area (Å²) in [5.41, 5.74) is -0.549. The molecule has 0 unspecified atom stereocenters. The van der Waals surface area contributed by atoms with Gasteiger partial charge in [-0.25, -0.2) is 0 Å². The molecule has 0 spiro atoms. The molecule has 0 fully saturated rings. The molecule has 0 aliphatic rings. The Hall–Kier alpha value is -2.30. The Bertz CT molecular complexity index is 479. The van der Waals surface area contributed by atoms with E-state index in [9.17, 15) is 18.0 Å². The third kappa shape index (κ3) is 3.98. The quantitative estimate of drug-likeness (QED) is 0.873. The van der Waals surface area contributed by atoms with E-state index in [1.54, 1.807) is 6.07 Å². The standard InChI is InChI=1S/C9H5F3N2O3/c10-9(11,12)17-7-1-5(3-13)4-14-6(7)2-8(15)16/h1,4H,2H2,(H,15,16). The van der Waals surface area contributed by atoms with Gasteiger partial charge in [-0.2, -0.15) is 5.26 Å². The molecular weight excluding hydrogens is 241 g/mol. The van der Waals surface area contributed by atoms with Crippen LogP contribution in [0.5, 0.6) is 5.75 Å². The van der Waals surface area contributed by atoms with E-state index in [1.807, 2.05) is 0 Å². The van der Waals surface area contributed by atoms with Crippen molar-refractivity contribution >= 4 is 5.97 Å². The van der Waals surface area contributed by atoms with Gasteiger partial charge in [-0.05, 0) is 0 Å². The van der Waals surface area contributed by atoms with Gasteiger partial charge in [-0.1, -0.05) is 0 Å². The number of hydrogen-bond donors (Lipinski definition) is 1. The molecule has 1 rings (SSSR count). The molecule has 1 aromatic rings. The van der Waals surface area contributed by atoms with Crippen LogP contribution in [0.4, 0.5) is 13.2 Å². The molecule has 8 heteroatoms. The number of hydrogen-bond acceptors (Lipinski definition) is 4. The van der Waals surface area contributed by atoms with Gasteiger partial charge in [-0.3, -0.25) is 9.78 Å². The number of halogens is 3. The van der Waals surface area contributed by atoms with Crippen molar-refractivity contribution in [3.8, 4) is 11.8 Å². The molecule has 90 valence electrons. The number of ether oxygens (including phenoxy) is 1. The Morgan fingerprint density at radius 1 is 1.59 bits per heavy atom. The minimum absolute atomic E-state index is 0.154. The average molecular weight is 246 g/mol. The second kappa shape index (κ2) is 4.69. The first kappa shape index (κ1) is 12.8. The van der Waals surface area contributed by atoms with Crippen LogP contribution in [0.1, 0.15) is 11.3 Å². The number of alkyl halides is 3. The Morgan fingerprint density at radius 3 is 2.71 bits per heavy atom. The molecule has 0 aliphatic heterocycles. The van der Waals surface area contributed by atoms with Gasteiger partial charge >= 0.3 is 12.3 Å². The topological polar surface area (TPSA) is 83.2 Å². The SMILES string of the molecule is N#Cc1cnc(CC(=O)O)c(OC(F)(F)F)c1. The number of carboxylic acids is 1. The molecule has 0 aromatic carbocycles. The second-order valence-electron chi connectivity index (χ2n) is 2.90. The van der Waals surface area contributed by atoms with Crippen LogP contribution in [-0.2, 0) is 11.2 Å². The lowest BCUT2D eigenvalue weighted by Crippen LogP contribution is -2.19. The van der Waals surface area contributed by atoms with Gasteiger partial charge in [0.2, 0.25) is 0 Å². The number of carbonyl (C=O) groups is 1. The first-order valence-electron chi connectivity index (χ1n) is 4.18. The zero-order chi connectivity index (χ0) is 13.1. The third-order valence-corrected chi connectivity index (χ3v) is 1.60. The first-order valence-corrected chi connectivity index (χ1v) is 4.18. The van der Waals surface area contributed by atoms with E-state index >= 15 is 0 Å². The van der Waals surface area contributed by atoms with E-state index in [2.05, 4.69) is 9.72 Å². The Labute approximate surface area is 93.1 Å². The summed E-state index contributed by atoms with van der Waals surface area (Å²) in [6.07, 6.45) is -4.72. The van der Waals surface area contributed by atoms with Crippen molar-refractivity contribution in [2.75, 3.05) is 0 Å². The molecular formula is C9H5F3N2O3. The number of pyridine rings is 1. The van der Waals surface area contributed by atoms with Crippen molar-refractivity contribution in [3.05, 3.63) is 23.5 Å². The number of nitriles is 1. The zero-order valence-electron chi connectivity index (χ0n) is 8.15. The maximum absolute atomic E-state index is 12.0. The van der Waals surface area contributed by atoms with Crippen molar-refractivity contribution in [2.45, 2.75) is 12.8 Å². The minimum atomic E-state index is -4.97. The molecule has 0 bridgehead atoms.